The molecule has 31 heavy (non-hydrogen) atoms. The third-order valence-corrected chi connectivity index (χ3v) is 5.52. The molecule has 2 aliphatic heterocycles. The Morgan fingerprint density at radius 2 is 1.68 bits per heavy atom. The number of benzene rings is 2. The van der Waals surface area contributed by atoms with Crippen molar-refractivity contribution in [1.82, 2.24) is 10.2 Å². The van der Waals surface area contributed by atoms with Gasteiger partial charge in [0.25, 0.3) is 5.91 Å². The fourth-order valence-electron chi connectivity index (χ4n) is 3.71. The molecule has 164 valence electrons. The maximum absolute atomic E-state index is 12.7. The van der Waals surface area contributed by atoms with E-state index in [9.17, 15) is 22.8 Å². The van der Waals surface area contributed by atoms with Crippen LogP contribution >= 0.6 is 0 Å². The van der Waals surface area contributed by atoms with E-state index in [4.69, 9.17) is 9.47 Å². The summed E-state index contributed by atoms with van der Waals surface area (Å²) in [4.78, 5) is 26.6. The van der Waals surface area contributed by atoms with Gasteiger partial charge in [-0.05, 0) is 54.8 Å². The number of hydrogen-bond donors (Lipinski definition) is 1. The van der Waals surface area contributed by atoms with Crippen molar-refractivity contribution in [3.05, 3.63) is 59.2 Å². The van der Waals surface area contributed by atoms with Crippen LogP contribution in [-0.4, -0.2) is 36.6 Å². The predicted octanol–water partition coefficient (Wildman–Crippen LogP) is 3.60. The van der Waals surface area contributed by atoms with Crippen molar-refractivity contribution in [1.29, 1.82) is 0 Å². The van der Waals surface area contributed by atoms with Crippen molar-refractivity contribution >= 4 is 11.8 Å². The molecular weight excluding hydrogens is 413 g/mol. The van der Waals surface area contributed by atoms with Crippen LogP contribution in [0.25, 0.3) is 0 Å². The summed E-state index contributed by atoms with van der Waals surface area (Å²) in [5.74, 6) is 0.708. The molecule has 0 spiro atoms. The van der Waals surface area contributed by atoms with Gasteiger partial charge in [0.2, 0.25) is 12.7 Å². The third kappa shape index (κ3) is 4.76. The second-order valence-corrected chi connectivity index (χ2v) is 7.55. The first-order chi connectivity index (χ1) is 14.8. The standard InChI is InChI=1S/C22H21F3N2O4/c23-22(24,25)17-4-2-16(3-5-17)21(29)27-9-7-15(8-10-27)20(28)26-12-14-1-6-18-19(11-14)31-13-30-18/h1-6,11,15H,7-10,12-13H2,(H,26,28). The van der Waals surface area contributed by atoms with E-state index in [2.05, 4.69) is 5.32 Å². The molecule has 2 aromatic rings. The Hall–Kier alpha value is -3.23. The Kier molecular flexibility index (Phi) is 5.75. The number of alkyl halides is 3. The van der Waals surface area contributed by atoms with E-state index in [-0.39, 0.29) is 30.1 Å². The zero-order valence-electron chi connectivity index (χ0n) is 16.6. The van der Waals surface area contributed by atoms with Gasteiger partial charge in [0.05, 0.1) is 5.56 Å². The molecule has 0 atom stereocenters. The Bertz CT molecular complexity index is 968. The van der Waals surface area contributed by atoms with Crippen LogP contribution < -0.4 is 14.8 Å². The van der Waals surface area contributed by atoms with E-state index < -0.39 is 11.7 Å². The first kappa shape index (κ1) is 21.0. The van der Waals surface area contributed by atoms with Gasteiger partial charge in [-0.25, -0.2) is 0 Å². The zero-order chi connectivity index (χ0) is 22.0. The molecule has 0 unspecified atom stereocenters. The van der Waals surface area contributed by atoms with Gasteiger partial charge in [0, 0.05) is 31.1 Å². The average Bonchev–Trinajstić information content (AvgIpc) is 3.24. The molecule has 4 rings (SSSR count). The molecule has 1 N–H and O–H groups in total. The largest absolute Gasteiger partial charge is 0.454 e. The number of halogens is 3. The lowest BCUT2D eigenvalue weighted by molar-refractivity contribution is -0.137. The van der Waals surface area contributed by atoms with E-state index in [1.165, 1.54) is 12.1 Å². The number of ether oxygens (including phenoxy) is 2. The maximum Gasteiger partial charge on any atom is 0.416 e. The number of piperidine rings is 1. The topological polar surface area (TPSA) is 67.9 Å². The van der Waals surface area contributed by atoms with Crippen LogP contribution in [0.15, 0.2) is 42.5 Å². The quantitative estimate of drug-likeness (QED) is 0.799. The van der Waals surface area contributed by atoms with Crippen LogP contribution in [0.4, 0.5) is 13.2 Å². The lowest BCUT2D eigenvalue weighted by Gasteiger charge is -2.31. The summed E-state index contributed by atoms with van der Waals surface area (Å²) in [7, 11) is 0. The number of nitrogens with zero attached hydrogens (tertiary/aromatic N) is 1. The van der Waals surface area contributed by atoms with Gasteiger partial charge in [0.15, 0.2) is 11.5 Å². The third-order valence-electron chi connectivity index (χ3n) is 5.52. The van der Waals surface area contributed by atoms with Gasteiger partial charge >= 0.3 is 6.18 Å². The molecule has 1 fully saturated rings. The summed E-state index contributed by atoms with van der Waals surface area (Å²) in [5.41, 5.74) is 0.313. The van der Waals surface area contributed by atoms with Gasteiger partial charge in [0.1, 0.15) is 0 Å². The Balaban J connectivity index is 1.27. The second kappa shape index (κ2) is 8.49. The summed E-state index contributed by atoms with van der Waals surface area (Å²) in [6.45, 7) is 1.30. The fraction of sp³-hybridized carbons (Fsp3) is 0.364. The molecule has 0 saturated carbocycles. The number of amides is 2. The number of rotatable bonds is 4. The van der Waals surface area contributed by atoms with Crippen LogP contribution in [-0.2, 0) is 17.5 Å². The van der Waals surface area contributed by atoms with E-state index in [0.29, 0.717) is 44.0 Å². The highest BCUT2D eigenvalue weighted by Crippen LogP contribution is 2.32. The number of nitrogens with one attached hydrogen (secondary N) is 1. The molecule has 0 radical (unpaired) electrons. The number of carbonyl (C=O) groups excluding carboxylic acids is 2. The molecule has 0 aliphatic carbocycles. The lowest BCUT2D eigenvalue weighted by Crippen LogP contribution is -2.42. The van der Waals surface area contributed by atoms with Crippen LogP contribution in [0.3, 0.4) is 0 Å². The van der Waals surface area contributed by atoms with Crippen molar-refractivity contribution in [3.8, 4) is 11.5 Å². The van der Waals surface area contributed by atoms with E-state index in [0.717, 1.165) is 17.7 Å². The van der Waals surface area contributed by atoms with Crippen molar-refractivity contribution < 1.29 is 32.2 Å². The molecule has 2 heterocycles. The number of hydrogen-bond acceptors (Lipinski definition) is 4. The van der Waals surface area contributed by atoms with Crippen LogP contribution in [0.1, 0.15) is 34.3 Å². The Morgan fingerprint density at radius 3 is 2.35 bits per heavy atom. The van der Waals surface area contributed by atoms with Gasteiger partial charge in [-0.15, -0.1) is 0 Å². The Labute approximate surface area is 176 Å². The number of likely N-dealkylation sites (tertiary alicyclic amines) is 1. The number of fused-ring (bicyclic) bond motifs is 1. The van der Waals surface area contributed by atoms with Crippen molar-refractivity contribution in [2.24, 2.45) is 5.92 Å². The first-order valence-electron chi connectivity index (χ1n) is 9.94. The molecule has 0 bridgehead atoms. The van der Waals surface area contributed by atoms with Crippen LogP contribution in [0, 0.1) is 5.92 Å². The highest BCUT2D eigenvalue weighted by atomic mass is 19.4. The average molecular weight is 434 g/mol. The highest BCUT2D eigenvalue weighted by Gasteiger charge is 2.31. The zero-order valence-corrected chi connectivity index (χ0v) is 16.6. The van der Waals surface area contributed by atoms with Crippen LogP contribution in [0.2, 0.25) is 0 Å². The molecule has 9 heteroatoms. The predicted molar refractivity (Wildman–Crippen MR) is 104 cm³/mol. The van der Waals surface area contributed by atoms with E-state index in [1.807, 2.05) is 12.1 Å². The van der Waals surface area contributed by atoms with E-state index in [1.54, 1.807) is 11.0 Å². The van der Waals surface area contributed by atoms with Crippen molar-refractivity contribution in [2.75, 3.05) is 19.9 Å². The summed E-state index contributed by atoms with van der Waals surface area (Å²) < 4.78 is 48.6. The minimum atomic E-state index is -4.44. The summed E-state index contributed by atoms with van der Waals surface area (Å²) >= 11 is 0. The molecule has 2 amide bonds. The highest BCUT2D eigenvalue weighted by molar-refractivity contribution is 5.94. The smallest absolute Gasteiger partial charge is 0.416 e. The molecule has 6 nitrogen and oxygen atoms in total. The summed E-state index contributed by atoms with van der Waals surface area (Å²) in [5, 5.41) is 2.91. The monoisotopic (exact) mass is 434 g/mol. The van der Waals surface area contributed by atoms with Gasteiger partial charge in [-0.1, -0.05) is 6.07 Å². The summed E-state index contributed by atoms with van der Waals surface area (Å²) in [6.07, 6.45) is -3.44. The minimum absolute atomic E-state index is 0.0840. The Morgan fingerprint density at radius 1 is 1.00 bits per heavy atom. The van der Waals surface area contributed by atoms with Gasteiger partial charge < -0.3 is 19.7 Å². The molecule has 1 saturated heterocycles. The number of carbonyl (C=O) groups is 2. The molecule has 0 aromatic heterocycles. The van der Waals surface area contributed by atoms with Crippen molar-refractivity contribution in [2.45, 2.75) is 25.6 Å². The maximum atomic E-state index is 12.7. The molecular formula is C22H21F3N2O4. The van der Waals surface area contributed by atoms with Gasteiger partial charge in [-0.3, -0.25) is 9.59 Å². The molecule has 2 aromatic carbocycles. The normalized spacial score (nSPS) is 16.3. The van der Waals surface area contributed by atoms with Crippen LogP contribution in [0.5, 0.6) is 11.5 Å². The molecule has 2 aliphatic rings. The SMILES string of the molecule is O=C(NCc1ccc2c(c1)OCO2)C1CCN(C(=O)c2ccc(C(F)(F)F)cc2)CC1. The van der Waals surface area contributed by atoms with Crippen molar-refractivity contribution in [3.63, 3.8) is 0 Å². The summed E-state index contributed by atoms with van der Waals surface area (Å²) in [6, 6.07) is 9.68. The van der Waals surface area contributed by atoms with Gasteiger partial charge in [-0.2, -0.15) is 13.2 Å². The first-order valence-corrected chi connectivity index (χ1v) is 9.94. The van der Waals surface area contributed by atoms with E-state index >= 15 is 0 Å². The second-order valence-electron chi connectivity index (χ2n) is 7.55. The fourth-order valence-corrected chi connectivity index (χ4v) is 3.71. The minimum Gasteiger partial charge on any atom is -0.454 e. The lowest BCUT2D eigenvalue weighted by atomic mass is 9.95.